The van der Waals surface area contributed by atoms with E-state index in [1.165, 1.54) is 19.2 Å². The Morgan fingerprint density at radius 3 is 2.24 bits per heavy atom. The van der Waals surface area contributed by atoms with Crippen LogP contribution in [0.15, 0.2) is 24.3 Å². The van der Waals surface area contributed by atoms with Gasteiger partial charge in [-0.3, -0.25) is 13.9 Å². The van der Waals surface area contributed by atoms with E-state index in [0.717, 1.165) is 42.7 Å². The first-order chi connectivity index (χ1) is 13.5. The first kappa shape index (κ1) is 20.3. The topological polar surface area (TPSA) is 101 Å². The van der Waals surface area contributed by atoms with Crippen LogP contribution in [0.25, 0.3) is 0 Å². The van der Waals surface area contributed by atoms with Crippen molar-refractivity contribution in [1.82, 2.24) is 0 Å². The number of carbonyl (C=O) groups is 2. The Morgan fingerprint density at radius 1 is 1.14 bits per heavy atom. The molecular weight excluding hydrogens is 394 g/mol. The van der Waals surface area contributed by atoms with Gasteiger partial charge in [0.05, 0.1) is 23.0 Å². The summed E-state index contributed by atoms with van der Waals surface area (Å²) in [6.45, 7) is -0.352. The van der Waals surface area contributed by atoms with Crippen LogP contribution in [0.2, 0.25) is 0 Å². The number of nitrogens with zero attached hydrogens (tertiary/aromatic N) is 1. The molecule has 0 aromatic heterocycles. The van der Waals surface area contributed by atoms with Crippen LogP contribution < -0.4 is 4.31 Å². The van der Waals surface area contributed by atoms with Crippen LogP contribution in [0.5, 0.6) is 0 Å². The second-order valence-electron chi connectivity index (χ2n) is 9.24. The van der Waals surface area contributed by atoms with Gasteiger partial charge in [-0.05, 0) is 74.6 Å². The van der Waals surface area contributed by atoms with Crippen LogP contribution in [-0.2, 0) is 19.6 Å². The van der Waals surface area contributed by atoms with Crippen LogP contribution in [0.4, 0.5) is 5.69 Å². The van der Waals surface area contributed by atoms with Gasteiger partial charge >= 0.3 is 5.97 Å². The van der Waals surface area contributed by atoms with Gasteiger partial charge in [-0.15, -0.1) is 0 Å². The van der Waals surface area contributed by atoms with Gasteiger partial charge in [0.1, 0.15) is 0 Å². The Labute approximate surface area is 171 Å². The molecule has 1 N–H and O–H groups in total. The summed E-state index contributed by atoms with van der Waals surface area (Å²) in [7, 11) is -1.94. The van der Waals surface area contributed by atoms with Gasteiger partial charge in [-0.2, -0.15) is 0 Å². The first-order valence-electron chi connectivity index (χ1n) is 9.97. The van der Waals surface area contributed by atoms with Gasteiger partial charge in [0, 0.05) is 12.6 Å². The molecular formula is C21H27NO6S. The monoisotopic (exact) mass is 421 g/mol. The number of ether oxygens (including phenoxy) is 1. The standard InChI is InChI=1S/C21H27NO6S/c1-22(29(2,26)27)17-5-3-16(4-6-17)18(23)12-28-19(24)20-8-14-7-15(9-20)11-21(25,10-14)13-20/h3-6,14-15,25H,7-13H2,1-2H3/t14-,15+,20?,21?. The zero-order chi connectivity index (χ0) is 21.0. The highest BCUT2D eigenvalue weighted by molar-refractivity contribution is 7.92. The highest BCUT2D eigenvalue weighted by Gasteiger charge is 2.60. The second kappa shape index (κ2) is 6.80. The Bertz CT molecular complexity index is 924. The van der Waals surface area contributed by atoms with E-state index in [-0.39, 0.29) is 18.4 Å². The number of ketones is 1. The lowest BCUT2D eigenvalue weighted by Gasteiger charge is -2.58. The number of esters is 1. The van der Waals surface area contributed by atoms with Gasteiger partial charge in [0.2, 0.25) is 10.0 Å². The predicted octanol–water partition coefficient (Wildman–Crippen LogP) is 2.14. The van der Waals surface area contributed by atoms with E-state index >= 15 is 0 Å². The van der Waals surface area contributed by atoms with Crippen LogP contribution >= 0.6 is 0 Å². The van der Waals surface area contributed by atoms with Crippen LogP contribution in [0.3, 0.4) is 0 Å². The van der Waals surface area contributed by atoms with Crippen LogP contribution in [-0.4, -0.2) is 50.8 Å². The van der Waals surface area contributed by atoms with Crippen molar-refractivity contribution >= 4 is 27.5 Å². The summed E-state index contributed by atoms with van der Waals surface area (Å²) in [5.41, 5.74) is -0.606. The molecule has 1 aromatic rings. The molecule has 5 rings (SSSR count). The fourth-order valence-corrected chi connectivity index (χ4v) is 6.37. The zero-order valence-corrected chi connectivity index (χ0v) is 17.6. The number of benzene rings is 1. The second-order valence-corrected chi connectivity index (χ2v) is 11.3. The molecule has 4 aliphatic rings. The van der Waals surface area contributed by atoms with E-state index < -0.39 is 21.0 Å². The molecule has 0 saturated heterocycles. The molecule has 7 nitrogen and oxygen atoms in total. The molecule has 4 fully saturated rings. The fraction of sp³-hybridized carbons (Fsp3) is 0.619. The van der Waals surface area contributed by atoms with Crippen molar-refractivity contribution in [3.8, 4) is 0 Å². The molecule has 0 spiro atoms. The normalized spacial score (nSPS) is 32.8. The van der Waals surface area contributed by atoms with Crippen molar-refractivity contribution in [3.05, 3.63) is 29.8 Å². The fourth-order valence-electron chi connectivity index (χ4n) is 5.87. The van der Waals surface area contributed by atoms with Crippen molar-refractivity contribution in [2.45, 2.75) is 44.1 Å². The first-order valence-corrected chi connectivity index (χ1v) is 11.8. The molecule has 2 unspecified atom stereocenters. The predicted molar refractivity (Wildman–Crippen MR) is 107 cm³/mol. The summed E-state index contributed by atoms with van der Waals surface area (Å²) in [4.78, 5) is 25.3. The Hall–Kier alpha value is -1.93. The van der Waals surface area contributed by atoms with Gasteiger partial charge in [-0.25, -0.2) is 8.42 Å². The van der Waals surface area contributed by atoms with Crippen molar-refractivity contribution in [1.29, 1.82) is 0 Å². The summed E-state index contributed by atoms with van der Waals surface area (Å²) >= 11 is 0. The number of Topliss-reactive ketones (excluding diaryl/α,β-unsaturated/α-hetero) is 1. The van der Waals surface area contributed by atoms with E-state index in [1.807, 2.05) is 0 Å². The number of rotatable bonds is 6. The largest absolute Gasteiger partial charge is 0.457 e. The van der Waals surface area contributed by atoms with E-state index in [1.54, 1.807) is 12.1 Å². The SMILES string of the molecule is CN(c1ccc(C(=O)COC(=O)C23C[C@@H]4C[C@@H](CC(O)(C4)C2)C3)cc1)S(C)(=O)=O. The number of hydrogen-bond donors (Lipinski definition) is 1. The Balaban J connectivity index is 1.39. The maximum atomic E-state index is 12.9. The molecule has 4 bridgehead atoms. The molecule has 1 aromatic carbocycles. The summed E-state index contributed by atoms with van der Waals surface area (Å²) < 4.78 is 29.7. The Kier molecular flexibility index (Phi) is 4.77. The van der Waals surface area contributed by atoms with E-state index in [4.69, 9.17) is 4.74 Å². The molecule has 4 atom stereocenters. The number of hydrogen-bond acceptors (Lipinski definition) is 6. The van der Waals surface area contributed by atoms with Crippen LogP contribution in [0.1, 0.15) is 48.9 Å². The van der Waals surface area contributed by atoms with E-state index in [2.05, 4.69) is 0 Å². The van der Waals surface area contributed by atoms with Gasteiger partial charge in [0.15, 0.2) is 12.4 Å². The molecule has 8 heteroatoms. The third kappa shape index (κ3) is 3.80. The highest BCUT2D eigenvalue weighted by Crippen LogP contribution is 2.61. The maximum absolute atomic E-state index is 12.9. The summed E-state index contributed by atoms with van der Waals surface area (Å²) in [6.07, 6.45) is 5.64. The molecule has 0 amide bonds. The van der Waals surface area contributed by atoms with E-state index in [0.29, 0.717) is 29.5 Å². The molecule has 0 radical (unpaired) electrons. The number of aliphatic hydroxyl groups is 1. The number of sulfonamides is 1. The minimum Gasteiger partial charge on any atom is -0.457 e. The summed E-state index contributed by atoms with van der Waals surface area (Å²) in [6, 6.07) is 6.15. The average Bonchev–Trinajstić information content (AvgIpc) is 2.62. The van der Waals surface area contributed by atoms with Crippen molar-refractivity contribution < 1.29 is 27.9 Å². The lowest BCUT2D eigenvalue weighted by atomic mass is 9.48. The molecule has 4 aliphatic carbocycles. The summed E-state index contributed by atoms with van der Waals surface area (Å²) in [5, 5.41) is 10.8. The highest BCUT2D eigenvalue weighted by atomic mass is 32.2. The molecule has 0 aliphatic heterocycles. The van der Waals surface area contributed by atoms with Gasteiger partial charge in [0.25, 0.3) is 0 Å². The van der Waals surface area contributed by atoms with Gasteiger partial charge < -0.3 is 9.84 Å². The quantitative estimate of drug-likeness (QED) is 0.558. The van der Waals surface area contributed by atoms with Crippen molar-refractivity contribution in [2.24, 2.45) is 17.3 Å². The number of carbonyl (C=O) groups excluding carboxylic acids is 2. The third-order valence-corrected chi connectivity index (χ3v) is 8.05. The number of anilines is 1. The molecule has 29 heavy (non-hydrogen) atoms. The van der Waals surface area contributed by atoms with Gasteiger partial charge in [-0.1, -0.05) is 0 Å². The summed E-state index contributed by atoms with van der Waals surface area (Å²) in [5.74, 6) is 0.0231. The molecule has 158 valence electrons. The molecule has 0 heterocycles. The maximum Gasteiger partial charge on any atom is 0.312 e. The minimum atomic E-state index is -3.38. The average molecular weight is 422 g/mol. The van der Waals surface area contributed by atoms with Crippen molar-refractivity contribution in [3.63, 3.8) is 0 Å². The third-order valence-electron chi connectivity index (χ3n) is 6.85. The lowest BCUT2D eigenvalue weighted by molar-refractivity contribution is -0.195. The minimum absolute atomic E-state index is 0.338. The smallest absolute Gasteiger partial charge is 0.312 e. The van der Waals surface area contributed by atoms with E-state index in [9.17, 15) is 23.1 Å². The van der Waals surface area contributed by atoms with Crippen molar-refractivity contribution in [2.75, 3.05) is 24.2 Å². The van der Waals surface area contributed by atoms with Crippen LogP contribution in [0, 0.1) is 17.3 Å². The lowest BCUT2D eigenvalue weighted by Crippen LogP contribution is -2.58. The molecule has 4 saturated carbocycles. The zero-order valence-electron chi connectivity index (χ0n) is 16.8. The Morgan fingerprint density at radius 2 is 1.72 bits per heavy atom.